The minimum absolute atomic E-state index is 0.228. The van der Waals surface area contributed by atoms with Gasteiger partial charge in [0.1, 0.15) is 0 Å². The number of Topliss-reactive ketones (excluding diaryl/α,β-unsaturated/α-hetero) is 1. The summed E-state index contributed by atoms with van der Waals surface area (Å²) in [5.41, 5.74) is 0.490. The van der Waals surface area contributed by atoms with Crippen LogP contribution in [-0.2, 0) is 0 Å². The molecule has 22 heavy (non-hydrogen) atoms. The molecule has 1 aromatic carbocycles. The molecular weight excluding hydrogens is 322 g/mol. The molecular formula is C16H10ClNO3S. The zero-order valence-corrected chi connectivity index (χ0v) is 12.8. The van der Waals surface area contributed by atoms with Crippen molar-refractivity contribution in [3.63, 3.8) is 0 Å². The van der Waals surface area contributed by atoms with Gasteiger partial charge in [-0.2, -0.15) is 0 Å². The summed E-state index contributed by atoms with van der Waals surface area (Å²) in [5, 5.41) is 0.562. The second-order valence-corrected chi connectivity index (χ2v) is 5.93. The van der Waals surface area contributed by atoms with E-state index in [2.05, 4.69) is 4.98 Å². The first-order valence-electron chi connectivity index (χ1n) is 6.38. The van der Waals surface area contributed by atoms with Gasteiger partial charge in [-0.1, -0.05) is 29.8 Å². The van der Waals surface area contributed by atoms with Gasteiger partial charge in [0.2, 0.25) is 5.78 Å². The summed E-state index contributed by atoms with van der Waals surface area (Å²) in [6.45, 7) is 0. The zero-order chi connectivity index (χ0) is 15.5. The molecule has 0 bridgehead atoms. The number of aromatic amines is 1. The summed E-state index contributed by atoms with van der Waals surface area (Å²) in [6.07, 6.45) is 4.46. The predicted molar refractivity (Wildman–Crippen MR) is 86.7 cm³/mol. The van der Waals surface area contributed by atoms with Crippen molar-refractivity contribution >= 4 is 40.9 Å². The molecule has 0 unspecified atom stereocenters. The first-order chi connectivity index (χ1) is 10.6. The number of ketones is 1. The number of furan rings is 1. The summed E-state index contributed by atoms with van der Waals surface area (Å²) < 4.78 is 5.96. The molecule has 0 atom stereocenters. The van der Waals surface area contributed by atoms with E-state index < -0.39 is 0 Å². The number of hydrogen-bond donors (Lipinski definition) is 1. The minimum atomic E-state index is -0.299. The van der Waals surface area contributed by atoms with Crippen molar-refractivity contribution in [3.8, 4) is 0 Å². The third kappa shape index (κ3) is 3.10. The van der Waals surface area contributed by atoms with E-state index in [1.165, 1.54) is 23.7 Å². The van der Waals surface area contributed by atoms with E-state index in [0.29, 0.717) is 14.2 Å². The number of rotatable bonds is 3. The van der Waals surface area contributed by atoms with E-state index >= 15 is 0 Å². The quantitative estimate of drug-likeness (QED) is 0.748. The highest BCUT2D eigenvalue weighted by molar-refractivity contribution is 7.07. The molecule has 3 rings (SSSR count). The van der Waals surface area contributed by atoms with E-state index in [9.17, 15) is 9.59 Å². The van der Waals surface area contributed by atoms with Gasteiger partial charge in [0, 0.05) is 11.1 Å². The molecule has 6 heteroatoms. The molecule has 4 nitrogen and oxygen atoms in total. The van der Waals surface area contributed by atoms with Crippen LogP contribution in [-0.4, -0.2) is 10.8 Å². The number of hydrogen-bond acceptors (Lipinski definition) is 4. The fraction of sp³-hybridized carbons (Fsp3) is 0. The Morgan fingerprint density at radius 2 is 2.05 bits per heavy atom. The summed E-state index contributed by atoms with van der Waals surface area (Å²) in [4.78, 5) is 26.5. The fourth-order valence-corrected chi connectivity index (χ4v) is 2.93. The lowest BCUT2D eigenvalue weighted by molar-refractivity contribution is 0.103. The van der Waals surface area contributed by atoms with E-state index in [4.69, 9.17) is 16.0 Å². The molecule has 0 saturated carbocycles. The molecule has 0 saturated heterocycles. The largest absolute Gasteiger partial charge is 0.461 e. The average molecular weight is 332 g/mol. The number of carbonyl (C=O) groups excluding carboxylic acids is 1. The summed E-state index contributed by atoms with van der Waals surface area (Å²) >= 11 is 7.26. The first kappa shape index (κ1) is 14.6. The van der Waals surface area contributed by atoms with Gasteiger partial charge in [-0.15, -0.1) is 11.3 Å². The molecule has 2 aromatic heterocycles. The maximum atomic E-state index is 11.9. The van der Waals surface area contributed by atoms with E-state index in [-0.39, 0.29) is 17.1 Å². The number of aromatic nitrogens is 1. The van der Waals surface area contributed by atoms with Crippen LogP contribution < -0.4 is 14.8 Å². The van der Waals surface area contributed by atoms with Crippen LogP contribution >= 0.6 is 22.9 Å². The van der Waals surface area contributed by atoms with Crippen LogP contribution in [0.25, 0.3) is 12.2 Å². The Morgan fingerprint density at radius 3 is 2.77 bits per heavy atom. The third-order valence-corrected chi connectivity index (χ3v) is 4.21. The molecule has 0 fully saturated rings. The van der Waals surface area contributed by atoms with Crippen LogP contribution in [0.15, 0.2) is 51.9 Å². The lowest BCUT2D eigenvalue weighted by atomic mass is 10.2. The molecule has 3 aromatic rings. The molecule has 110 valence electrons. The van der Waals surface area contributed by atoms with Crippen molar-refractivity contribution in [2.45, 2.75) is 0 Å². The minimum Gasteiger partial charge on any atom is -0.461 e. The number of H-pyrrole nitrogens is 1. The molecule has 1 N–H and O–H groups in total. The van der Waals surface area contributed by atoms with Crippen molar-refractivity contribution in [1.82, 2.24) is 4.98 Å². The topological polar surface area (TPSA) is 63.1 Å². The van der Waals surface area contributed by atoms with Crippen molar-refractivity contribution in [1.29, 1.82) is 0 Å². The van der Waals surface area contributed by atoms with Crippen molar-refractivity contribution < 1.29 is 9.21 Å². The van der Waals surface area contributed by atoms with Crippen LogP contribution in [0.3, 0.4) is 0 Å². The number of nitrogens with one attached hydrogen (secondary N) is 1. The Bertz CT molecular complexity index is 983. The molecule has 0 amide bonds. The Kier molecular flexibility index (Phi) is 4.09. The van der Waals surface area contributed by atoms with Gasteiger partial charge in [0.15, 0.2) is 5.76 Å². The van der Waals surface area contributed by atoms with Gasteiger partial charge in [-0.05, 0) is 29.8 Å². The molecule has 0 aliphatic heterocycles. The van der Waals surface area contributed by atoms with Crippen molar-refractivity contribution in [3.05, 3.63) is 78.6 Å². The summed E-state index contributed by atoms with van der Waals surface area (Å²) in [5.74, 6) is -0.0716. The average Bonchev–Trinajstić information content (AvgIpc) is 3.12. The van der Waals surface area contributed by atoms with E-state index in [1.54, 1.807) is 24.3 Å². The highest BCUT2D eigenvalue weighted by atomic mass is 35.5. The Labute approximate surface area is 134 Å². The van der Waals surface area contributed by atoms with Crippen molar-refractivity contribution in [2.75, 3.05) is 0 Å². The van der Waals surface area contributed by atoms with E-state index in [1.807, 2.05) is 18.2 Å². The zero-order valence-electron chi connectivity index (χ0n) is 11.2. The normalized spacial score (nSPS) is 12.8. The number of halogens is 1. The van der Waals surface area contributed by atoms with Gasteiger partial charge < -0.3 is 9.40 Å². The molecule has 0 aliphatic carbocycles. The number of carbonyl (C=O) groups is 1. The SMILES string of the molecule is O=C(C=c1[nH]c(=O)c(=Cc2ccccc2Cl)s1)c1ccco1. The van der Waals surface area contributed by atoms with Gasteiger partial charge in [-0.25, -0.2) is 0 Å². The third-order valence-electron chi connectivity index (χ3n) is 2.90. The highest BCUT2D eigenvalue weighted by Crippen LogP contribution is 2.14. The van der Waals surface area contributed by atoms with Gasteiger partial charge in [0.25, 0.3) is 5.56 Å². The van der Waals surface area contributed by atoms with E-state index in [0.717, 1.165) is 5.56 Å². The fourth-order valence-electron chi connectivity index (χ4n) is 1.87. The molecule has 2 heterocycles. The molecule has 0 spiro atoms. The number of thiazole rings is 1. The monoisotopic (exact) mass is 331 g/mol. The number of benzene rings is 1. The Hall–Kier alpha value is -2.37. The second-order valence-electron chi connectivity index (χ2n) is 4.44. The van der Waals surface area contributed by atoms with Crippen LogP contribution in [0.5, 0.6) is 0 Å². The van der Waals surface area contributed by atoms with Gasteiger partial charge in [0.05, 0.1) is 15.5 Å². The molecule has 0 radical (unpaired) electrons. The standard InChI is InChI=1S/C16H10ClNO3S/c17-11-5-2-1-4-10(11)8-14-16(20)18-15(22-14)9-12(19)13-6-3-7-21-13/h1-9H,(H,18,20). The van der Waals surface area contributed by atoms with Gasteiger partial charge in [-0.3, -0.25) is 9.59 Å². The summed E-state index contributed by atoms with van der Waals surface area (Å²) in [6, 6.07) is 10.4. The maximum absolute atomic E-state index is 11.9. The van der Waals surface area contributed by atoms with Crippen LogP contribution in [0.2, 0.25) is 5.02 Å². The van der Waals surface area contributed by atoms with Crippen molar-refractivity contribution in [2.24, 2.45) is 0 Å². The summed E-state index contributed by atoms with van der Waals surface area (Å²) in [7, 11) is 0. The predicted octanol–water partition coefficient (Wildman–Crippen LogP) is 2.18. The van der Waals surface area contributed by atoms with Crippen LogP contribution in [0.4, 0.5) is 0 Å². The highest BCUT2D eigenvalue weighted by Gasteiger charge is 2.05. The lowest BCUT2D eigenvalue weighted by Gasteiger charge is -1.94. The lowest BCUT2D eigenvalue weighted by Crippen LogP contribution is -2.20. The maximum Gasteiger partial charge on any atom is 0.266 e. The Morgan fingerprint density at radius 1 is 1.23 bits per heavy atom. The smallest absolute Gasteiger partial charge is 0.266 e. The Balaban J connectivity index is 2.04. The van der Waals surface area contributed by atoms with Crippen LogP contribution in [0.1, 0.15) is 16.1 Å². The second kappa shape index (κ2) is 6.17. The molecule has 0 aliphatic rings. The first-order valence-corrected chi connectivity index (χ1v) is 7.58. The van der Waals surface area contributed by atoms with Gasteiger partial charge >= 0.3 is 0 Å². The van der Waals surface area contributed by atoms with Crippen LogP contribution in [0, 0.1) is 0 Å².